The summed E-state index contributed by atoms with van der Waals surface area (Å²) in [5, 5.41) is 5.85. The Balaban J connectivity index is 2.15. The van der Waals surface area contributed by atoms with Crippen LogP contribution in [0.2, 0.25) is 0 Å². The zero-order chi connectivity index (χ0) is 13.3. The van der Waals surface area contributed by atoms with E-state index in [0.29, 0.717) is 5.92 Å². The molecule has 0 saturated carbocycles. The molecule has 96 valence electrons. The minimum Gasteiger partial charge on any atom is -0.0833 e. The van der Waals surface area contributed by atoms with Gasteiger partial charge in [0.1, 0.15) is 0 Å². The zero-order valence-electron chi connectivity index (χ0n) is 11.6. The average molecular weight is 256 g/mol. The fourth-order valence-electron chi connectivity index (χ4n) is 4.28. The monoisotopic (exact) mass is 256 g/mol. The molecule has 2 aliphatic carbocycles. The first-order valence-electron chi connectivity index (χ1n) is 7.48. The van der Waals surface area contributed by atoms with E-state index in [2.05, 4.69) is 55.5 Å². The van der Waals surface area contributed by atoms with Gasteiger partial charge < -0.3 is 0 Å². The summed E-state index contributed by atoms with van der Waals surface area (Å²) in [4.78, 5) is 0. The smallest absolute Gasteiger partial charge is 0.00741 e. The number of benzene rings is 3. The average Bonchev–Trinajstić information content (AvgIpc) is 2.89. The molecule has 0 amide bonds. The Morgan fingerprint density at radius 3 is 2.70 bits per heavy atom. The van der Waals surface area contributed by atoms with Crippen LogP contribution in [0.5, 0.6) is 0 Å². The van der Waals surface area contributed by atoms with Crippen molar-refractivity contribution in [3.05, 3.63) is 64.7 Å². The highest BCUT2D eigenvalue weighted by atomic mass is 14.3. The van der Waals surface area contributed by atoms with E-state index in [9.17, 15) is 0 Å². The molecule has 0 heterocycles. The van der Waals surface area contributed by atoms with Crippen LogP contribution in [0, 0.1) is 6.92 Å². The van der Waals surface area contributed by atoms with Gasteiger partial charge >= 0.3 is 0 Å². The standard InChI is InChI=1S/C20H16/c1-12-9-10-17-15-7-3-2-6-14(15)16-8-4-5-13-11-18(12)20(17)19(13)16/h2-4,6-10,13H,5,11H2,1H3/t13-/m0/s1. The maximum Gasteiger partial charge on any atom is -0.00741 e. The van der Waals surface area contributed by atoms with Gasteiger partial charge in [-0.1, -0.05) is 48.6 Å². The fraction of sp³-hybridized carbons (Fsp3) is 0.200. The second-order valence-electron chi connectivity index (χ2n) is 6.20. The van der Waals surface area contributed by atoms with Crippen LogP contribution in [-0.4, -0.2) is 0 Å². The van der Waals surface area contributed by atoms with Crippen LogP contribution in [0.25, 0.3) is 27.6 Å². The molecule has 0 aromatic heterocycles. The molecule has 0 N–H and O–H groups in total. The highest BCUT2D eigenvalue weighted by Gasteiger charge is 2.30. The molecule has 0 saturated heterocycles. The maximum absolute atomic E-state index is 2.37. The predicted molar refractivity (Wildman–Crippen MR) is 86.3 cm³/mol. The van der Waals surface area contributed by atoms with Crippen molar-refractivity contribution in [3.63, 3.8) is 0 Å². The van der Waals surface area contributed by atoms with Gasteiger partial charge in [-0.2, -0.15) is 0 Å². The van der Waals surface area contributed by atoms with Gasteiger partial charge in [0.15, 0.2) is 0 Å². The Labute approximate surface area is 118 Å². The first kappa shape index (κ1) is 10.7. The van der Waals surface area contributed by atoms with Crippen LogP contribution in [0.3, 0.4) is 0 Å². The summed E-state index contributed by atoms with van der Waals surface area (Å²) < 4.78 is 0. The Morgan fingerprint density at radius 2 is 1.80 bits per heavy atom. The molecule has 20 heavy (non-hydrogen) atoms. The van der Waals surface area contributed by atoms with E-state index >= 15 is 0 Å². The molecule has 0 heteroatoms. The molecule has 0 unspecified atom stereocenters. The van der Waals surface area contributed by atoms with Crippen LogP contribution < -0.4 is 0 Å². The molecule has 5 rings (SSSR count). The first-order chi connectivity index (χ1) is 9.84. The highest BCUT2D eigenvalue weighted by Crippen LogP contribution is 2.49. The zero-order valence-corrected chi connectivity index (χ0v) is 11.6. The molecule has 2 aliphatic rings. The Kier molecular flexibility index (Phi) is 1.88. The second-order valence-corrected chi connectivity index (χ2v) is 6.20. The van der Waals surface area contributed by atoms with E-state index in [-0.39, 0.29) is 0 Å². The van der Waals surface area contributed by atoms with Gasteiger partial charge in [-0.25, -0.2) is 0 Å². The summed E-state index contributed by atoms with van der Waals surface area (Å²) in [5.41, 5.74) is 6.16. The molecule has 0 spiro atoms. The van der Waals surface area contributed by atoms with E-state index < -0.39 is 0 Å². The summed E-state index contributed by atoms with van der Waals surface area (Å²) in [6, 6.07) is 13.5. The summed E-state index contributed by atoms with van der Waals surface area (Å²) in [7, 11) is 0. The van der Waals surface area contributed by atoms with E-state index in [0.717, 1.165) is 0 Å². The van der Waals surface area contributed by atoms with Crippen molar-refractivity contribution < 1.29 is 0 Å². The third-order valence-corrected chi connectivity index (χ3v) is 5.18. The van der Waals surface area contributed by atoms with Crippen LogP contribution in [-0.2, 0) is 6.42 Å². The van der Waals surface area contributed by atoms with Crippen LogP contribution in [0.4, 0.5) is 0 Å². The van der Waals surface area contributed by atoms with E-state index in [1.165, 1.54) is 40.1 Å². The minimum atomic E-state index is 0.707. The molecule has 1 atom stereocenters. The van der Waals surface area contributed by atoms with Crippen molar-refractivity contribution in [1.29, 1.82) is 0 Å². The van der Waals surface area contributed by atoms with Gasteiger partial charge in [0, 0.05) is 0 Å². The second kappa shape index (κ2) is 3.52. The Morgan fingerprint density at radius 1 is 0.950 bits per heavy atom. The van der Waals surface area contributed by atoms with Crippen molar-refractivity contribution >= 4 is 27.6 Å². The van der Waals surface area contributed by atoms with Gasteiger partial charge in [-0.05, 0) is 69.5 Å². The van der Waals surface area contributed by atoms with Crippen molar-refractivity contribution in [1.82, 2.24) is 0 Å². The molecule has 0 radical (unpaired) electrons. The summed E-state index contributed by atoms with van der Waals surface area (Å²) >= 11 is 0. The van der Waals surface area contributed by atoms with Crippen LogP contribution in [0.1, 0.15) is 34.6 Å². The largest absolute Gasteiger partial charge is 0.0833 e. The number of fused-ring (bicyclic) bond motifs is 3. The van der Waals surface area contributed by atoms with E-state index in [4.69, 9.17) is 0 Å². The molecule has 3 aromatic carbocycles. The van der Waals surface area contributed by atoms with Gasteiger partial charge in [-0.15, -0.1) is 0 Å². The van der Waals surface area contributed by atoms with Crippen molar-refractivity contribution in [2.45, 2.75) is 25.7 Å². The molecule has 0 fully saturated rings. The van der Waals surface area contributed by atoms with Gasteiger partial charge in [0.25, 0.3) is 0 Å². The topological polar surface area (TPSA) is 0 Å². The van der Waals surface area contributed by atoms with Crippen molar-refractivity contribution in [3.8, 4) is 0 Å². The lowest BCUT2D eigenvalue weighted by Gasteiger charge is -2.19. The van der Waals surface area contributed by atoms with E-state index in [1.807, 2.05) is 0 Å². The quantitative estimate of drug-likeness (QED) is 0.475. The number of rotatable bonds is 0. The molecular formula is C20H16. The Bertz CT molecular complexity index is 912. The summed E-state index contributed by atoms with van der Waals surface area (Å²) in [6.07, 6.45) is 7.15. The van der Waals surface area contributed by atoms with Gasteiger partial charge in [-0.3, -0.25) is 0 Å². The molecule has 0 nitrogen and oxygen atoms in total. The SMILES string of the molecule is Cc1ccc2c3c1C[C@@H]1CC=Cc(c31)c1ccccc12. The lowest BCUT2D eigenvalue weighted by Crippen LogP contribution is -2.01. The first-order valence-corrected chi connectivity index (χ1v) is 7.48. The molecule has 3 aromatic rings. The molecular weight excluding hydrogens is 240 g/mol. The molecule has 0 bridgehead atoms. The number of hydrogen-bond donors (Lipinski definition) is 0. The van der Waals surface area contributed by atoms with Crippen molar-refractivity contribution in [2.75, 3.05) is 0 Å². The minimum absolute atomic E-state index is 0.707. The highest BCUT2D eigenvalue weighted by molar-refractivity contribution is 6.15. The third kappa shape index (κ3) is 1.13. The number of hydrogen-bond acceptors (Lipinski definition) is 0. The van der Waals surface area contributed by atoms with Crippen molar-refractivity contribution in [2.24, 2.45) is 0 Å². The van der Waals surface area contributed by atoms with E-state index in [1.54, 1.807) is 16.5 Å². The summed E-state index contributed by atoms with van der Waals surface area (Å²) in [5.74, 6) is 0.707. The normalized spacial score (nSPS) is 19.1. The molecule has 0 aliphatic heterocycles. The van der Waals surface area contributed by atoms with Crippen LogP contribution in [0.15, 0.2) is 42.5 Å². The summed E-state index contributed by atoms with van der Waals surface area (Å²) in [6.45, 7) is 2.26. The number of aryl methyl sites for hydroxylation is 1. The van der Waals surface area contributed by atoms with Gasteiger partial charge in [0.2, 0.25) is 0 Å². The van der Waals surface area contributed by atoms with Gasteiger partial charge in [0.05, 0.1) is 0 Å². The predicted octanol–water partition coefficient (Wildman–Crippen LogP) is 5.36. The third-order valence-electron chi connectivity index (χ3n) is 5.18. The lowest BCUT2D eigenvalue weighted by atomic mass is 9.84. The maximum atomic E-state index is 2.37. The fourth-order valence-corrected chi connectivity index (χ4v) is 4.28. The lowest BCUT2D eigenvalue weighted by molar-refractivity contribution is 0.719. The Hall–Kier alpha value is -2.08. The number of allylic oxidation sites excluding steroid dienone is 1. The van der Waals surface area contributed by atoms with Crippen LogP contribution >= 0.6 is 0 Å².